The number of amides is 2. The number of urea groups is 1. The smallest absolute Gasteiger partial charge is 0.328 e. The maximum atomic E-state index is 11.4. The minimum atomic E-state index is -1.36. The average Bonchev–Trinajstić information content (AvgIpc) is 2.31. The Morgan fingerprint density at radius 1 is 1.41 bits per heavy atom. The van der Waals surface area contributed by atoms with Crippen molar-refractivity contribution in [2.75, 3.05) is 27.3 Å². The van der Waals surface area contributed by atoms with Crippen molar-refractivity contribution in [3.63, 3.8) is 0 Å². The summed E-state index contributed by atoms with van der Waals surface area (Å²) >= 11 is 0. The standard InChI is InChI=1S/C9H16N2O6/c1-11(4-3-7(13)17-2)9(16)10-6(5-12)8(14)15/h6,12H,3-5H2,1-2H3,(H,10,16)(H,14,15). The summed E-state index contributed by atoms with van der Waals surface area (Å²) in [4.78, 5) is 33.9. The van der Waals surface area contributed by atoms with E-state index < -0.39 is 30.6 Å². The van der Waals surface area contributed by atoms with E-state index in [0.717, 1.165) is 4.90 Å². The number of aliphatic carboxylic acids is 1. The molecule has 0 saturated carbocycles. The normalized spacial score (nSPS) is 11.5. The molecule has 2 amide bonds. The fraction of sp³-hybridized carbons (Fsp3) is 0.667. The molecule has 0 saturated heterocycles. The van der Waals surface area contributed by atoms with Gasteiger partial charge in [0, 0.05) is 13.6 Å². The van der Waals surface area contributed by atoms with Crippen LogP contribution in [-0.4, -0.2) is 66.4 Å². The zero-order valence-electron chi connectivity index (χ0n) is 9.67. The Hall–Kier alpha value is -1.83. The number of carboxylic acids is 1. The molecule has 0 aromatic heterocycles. The molecule has 8 heteroatoms. The van der Waals surface area contributed by atoms with Gasteiger partial charge in [0.15, 0.2) is 6.04 Å². The summed E-state index contributed by atoms with van der Waals surface area (Å²) in [6.07, 6.45) is 0.0112. The van der Waals surface area contributed by atoms with Crippen LogP contribution in [0.15, 0.2) is 0 Å². The van der Waals surface area contributed by atoms with Crippen LogP contribution in [0.2, 0.25) is 0 Å². The topological polar surface area (TPSA) is 116 Å². The number of ether oxygens (including phenoxy) is 1. The molecule has 0 aromatic carbocycles. The third-order valence-electron chi connectivity index (χ3n) is 2.00. The van der Waals surface area contributed by atoms with Crippen molar-refractivity contribution in [2.45, 2.75) is 12.5 Å². The van der Waals surface area contributed by atoms with E-state index in [1.54, 1.807) is 0 Å². The Labute approximate surface area is 98.2 Å². The quantitative estimate of drug-likeness (QED) is 0.500. The van der Waals surface area contributed by atoms with Gasteiger partial charge in [-0.25, -0.2) is 9.59 Å². The van der Waals surface area contributed by atoms with Crippen molar-refractivity contribution in [1.29, 1.82) is 0 Å². The fourth-order valence-electron chi connectivity index (χ4n) is 0.907. The molecule has 0 spiro atoms. The number of hydrogen-bond acceptors (Lipinski definition) is 5. The van der Waals surface area contributed by atoms with E-state index in [-0.39, 0.29) is 13.0 Å². The third kappa shape index (κ3) is 5.71. The molecule has 17 heavy (non-hydrogen) atoms. The SMILES string of the molecule is COC(=O)CCN(C)C(=O)NC(CO)C(=O)O. The first kappa shape index (κ1) is 15.2. The van der Waals surface area contributed by atoms with Crippen LogP contribution in [0.4, 0.5) is 4.79 Å². The van der Waals surface area contributed by atoms with Crippen molar-refractivity contribution < 1.29 is 29.3 Å². The van der Waals surface area contributed by atoms with Crippen LogP contribution >= 0.6 is 0 Å². The van der Waals surface area contributed by atoms with Gasteiger partial charge in [-0.1, -0.05) is 0 Å². The van der Waals surface area contributed by atoms with Gasteiger partial charge in [-0.05, 0) is 0 Å². The van der Waals surface area contributed by atoms with Gasteiger partial charge >= 0.3 is 18.0 Å². The number of carbonyl (C=O) groups is 3. The van der Waals surface area contributed by atoms with Crippen LogP contribution in [0.3, 0.4) is 0 Å². The molecule has 0 bridgehead atoms. The van der Waals surface area contributed by atoms with Crippen LogP contribution in [-0.2, 0) is 14.3 Å². The second-order valence-corrected chi connectivity index (χ2v) is 3.27. The van der Waals surface area contributed by atoms with E-state index in [2.05, 4.69) is 10.1 Å². The highest BCUT2D eigenvalue weighted by molar-refractivity contribution is 5.82. The van der Waals surface area contributed by atoms with Crippen molar-refractivity contribution in [3.8, 4) is 0 Å². The van der Waals surface area contributed by atoms with Crippen LogP contribution in [0.1, 0.15) is 6.42 Å². The van der Waals surface area contributed by atoms with Gasteiger partial charge in [-0.3, -0.25) is 4.79 Å². The van der Waals surface area contributed by atoms with E-state index in [4.69, 9.17) is 10.2 Å². The molecule has 0 heterocycles. The Bertz CT molecular complexity index is 293. The molecule has 0 aliphatic heterocycles. The first-order valence-corrected chi connectivity index (χ1v) is 4.84. The lowest BCUT2D eigenvalue weighted by atomic mass is 10.3. The van der Waals surface area contributed by atoms with Crippen LogP contribution < -0.4 is 5.32 Å². The molecule has 0 radical (unpaired) electrons. The summed E-state index contributed by atoms with van der Waals surface area (Å²) in [6, 6.07) is -2.04. The highest BCUT2D eigenvalue weighted by Crippen LogP contribution is 1.93. The Kier molecular flexibility index (Phi) is 6.64. The maximum Gasteiger partial charge on any atom is 0.328 e. The second-order valence-electron chi connectivity index (χ2n) is 3.27. The van der Waals surface area contributed by atoms with Crippen molar-refractivity contribution in [3.05, 3.63) is 0 Å². The third-order valence-corrected chi connectivity index (χ3v) is 2.00. The Balaban J connectivity index is 4.12. The van der Waals surface area contributed by atoms with Crippen molar-refractivity contribution >= 4 is 18.0 Å². The lowest BCUT2D eigenvalue weighted by Crippen LogP contribution is -2.48. The molecule has 0 fully saturated rings. The number of methoxy groups -OCH3 is 1. The Morgan fingerprint density at radius 3 is 2.41 bits per heavy atom. The summed E-state index contributed by atoms with van der Waals surface area (Å²) in [5.41, 5.74) is 0. The number of nitrogens with one attached hydrogen (secondary N) is 1. The Morgan fingerprint density at radius 2 is 2.00 bits per heavy atom. The first-order valence-electron chi connectivity index (χ1n) is 4.84. The van der Waals surface area contributed by atoms with E-state index in [1.807, 2.05) is 0 Å². The van der Waals surface area contributed by atoms with E-state index in [0.29, 0.717) is 0 Å². The lowest BCUT2D eigenvalue weighted by molar-refractivity contribution is -0.141. The van der Waals surface area contributed by atoms with Gasteiger partial charge in [0.25, 0.3) is 0 Å². The number of hydrogen-bond donors (Lipinski definition) is 3. The zero-order valence-corrected chi connectivity index (χ0v) is 9.67. The molecule has 0 aliphatic rings. The van der Waals surface area contributed by atoms with Crippen molar-refractivity contribution in [2.24, 2.45) is 0 Å². The molecule has 3 N–H and O–H groups in total. The molecule has 1 unspecified atom stereocenters. The van der Waals surface area contributed by atoms with Crippen LogP contribution in [0.5, 0.6) is 0 Å². The van der Waals surface area contributed by atoms with Gasteiger partial charge < -0.3 is 25.2 Å². The first-order chi connectivity index (χ1) is 7.92. The van der Waals surface area contributed by atoms with Crippen LogP contribution in [0, 0.1) is 0 Å². The maximum absolute atomic E-state index is 11.4. The number of rotatable bonds is 6. The van der Waals surface area contributed by atoms with Gasteiger partial charge in [0.05, 0.1) is 20.1 Å². The number of aliphatic hydroxyl groups excluding tert-OH is 1. The molecule has 0 rings (SSSR count). The average molecular weight is 248 g/mol. The molecule has 98 valence electrons. The summed E-state index contributed by atoms with van der Waals surface area (Å²) in [5, 5.41) is 19.4. The molecule has 8 nitrogen and oxygen atoms in total. The van der Waals surface area contributed by atoms with Gasteiger partial charge in [-0.15, -0.1) is 0 Å². The highest BCUT2D eigenvalue weighted by Gasteiger charge is 2.20. The van der Waals surface area contributed by atoms with Gasteiger partial charge in [-0.2, -0.15) is 0 Å². The minimum absolute atomic E-state index is 0.0112. The van der Waals surface area contributed by atoms with E-state index in [9.17, 15) is 14.4 Å². The second kappa shape index (κ2) is 7.44. The number of carbonyl (C=O) groups excluding carboxylic acids is 2. The number of esters is 1. The van der Waals surface area contributed by atoms with Crippen LogP contribution in [0.25, 0.3) is 0 Å². The molecular formula is C9H16N2O6. The highest BCUT2D eigenvalue weighted by atomic mass is 16.5. The summed E-state index contributed by atoms with van der Waals surface area (Å²) in [7, 11) is 2.63. The van der Waals surface area contributed by atoms with Gasteiger partial charge in [0.2, 0.25) is 0 Å². The lowest BCUT2D eigenvalue weighted by Gasteiger charge is -2.19. The largest absolute Gasteiger partial charge is 0.480 e. The number of nitrogens with zero attached hydrogens (tertiary/aromatic N) is 1. The molecule has 0 aromatic rings. The number of carboxylic acid groups (broad SMARTS) is 1. The summed E-state index contributed by atoms with van der Waals surface area (Å²) in [5.74, 6) is -1.80. The molecular weight excluding hydrogens is 232 g/mol. The monoisotopic (exact) mass is 248 g/mol. The zero-order chi connectivity index (χ0) is 13.4. The molecule has 1 atom stereocenters. The number of aliphatic hydroxyl groups is 1. The van der Waals surface area contributed by atoms with E-state index in [1.165, 1.54) is 14.2 Å². The summed E-state index contributed by atoms with van der Waals surface area (Å²) in [6.45, 7) is -0.609. The predicted octanol–water partition coefficient (Wildman–Crippen LogP) is -1.36. The van der Waals surface area contributed by atoms with Gasteiger partial charge in [0.1, 0.15) is 0 Å². The van der Waals surface area contributed by atoms with Crippen molar-refractivity contribution in [1.82, 2.24) is 10.2 Å². The fourth-order valence-corrected chi connectivity index (χ4v) is 0.907. The van der Waals surface area contributed by atoms with E-state index >= 15 is 0 Å². The molecule has 0 aliphatic carbocycles. The minimum Gasteiger partial charge on any atom is -0.480 e. The summed E-state index contributed by atoms with van der Waals surface area (Å²) < 4.78 is 4.39. The predicted molar refractivity (Wildman–Crippen MR) is 56.3 cm³/mol.